The molecule has 0 aliphatic rings. The number of aromatic amines is 1. The molecular weight excluding hydrogens is 434 g/mol. The van der Waals surface area contributed by atoms with Crippen molar-refractivity contribution in [2.45, 2.75) is 20.0 Å². The lowest BCUT2D eigenvalue weighted by Crippen LogP contribution is -2.14. The molecule has 12 heteroatoms. The Balaban J connectivity index is 1.41. The number of nitrogens with zero attached hydrogens (tertiary/aromatic N) is 4. The van der Waals surface area contributed by atoms with Crippen molar-refractivity contribution >= 4 is 33.7 Å². The van der Waals surface area contributed by atoms with Crippen LogP contribution in [0, 0.1) is 6.92 Å². The van der Waals surface area contributed by atoms with Crippen molar-refractivity contribution in [2.75, 3.05) is 5.32 Å². The van der Waals surface area contributed by atoms with Crippen LogP contribution in [0.15, 0.2) is 36.0 Å². The highest BCUT2D eigenvalue weighted by molar-refractivity contribution is 7.16. The van der Waals surface area contributed by atoms with Crippen LogP contribution in [0.3, 0.4) is 0 Å². The number of amides is 1. The van der Waals surface area contributed by atoms with Crippen molar-refractivity contribution in [1.82, 2.24) is 25.1 Å². The van der Waals surface area contributed by atoms with Gasteiger partial charge >= 0.3 is 6.61 Å². The zero-order chi connectivity index (χ0) is 21.1. The minimum Gasteiger partial charge on any atom is -0.435 e. The lowest BCUT2D eigenvalue weighted by atomic mass is 10.1. The summed E-state index contributed by atoms with van der Waals surface area (Å²) in [4.78, 5) is 26.1. The molecule has 0 unspecified atom stereocenters. The van der Waals surface area contributed by atoms with Crippen molar-refractivity contribution < 1.29 is 18.3 Å². The number of alkyl halides is 2. The van der Waals surface area contributed by atoms with E-state index in [1.807, 2.05) is 6.92 Å². The molecule has 0 atom stereocenters. The lowest BCUT2D eigenvalue weighted by molar-refractivity contribution is -0.115. The van der Waals surface area contributed by atoms with Crippen molar-refractivity contribution in [3.8, 4) is 27.8 Å². The first-order valence-corrected chi connectivity index (χ1v) is 10.3. The van der Waals surface area contributed by atoms with Gasteiger partial charge in [0.1, 0.15) is 12.1 Å². The van der Waals surface area contributed by atoms with Gasteiger partial charge in [-0.15, -0.1) is 22.7 Å². The average Bonchev–Trinajstić information content (AvgIpc) is 3.43. The molecule has 0 saturated heterocycles. The number of aryl methyl sites for hydroxylation is 1. The van der Waals surface area contributed by atoms with Crippen LogP contribution < -0.4 is 10.1 Å². The quantitative estimate of drug-likeness (QED) is 0.440. The summed E-state index contributed by atoms with van der Waals surface area (Å²) in [5, 5.41) is 12.2. The normalized spacial score (nSPS) is 11.1. The molecule has 2 N–H and O–H groups in total. The van der Waals surface area contributed by atoms with E-state index in [0.717, 1.165) is 10.4 Å². The number of thiazole rings is 2. The number of aromatic nitrogens is 5. The molecule has 30 heavy (non-hydrogen) atoms. The summed E-state index contributed by atoms with van der Waals surface area (Å²) >= 11 is 2.70. The van der Waals surface area contributed by atoms with Gasteiger partial charge in [0.2, 0.25) is 5.91 Å². The Labute approximate surface area is 177 Å². The van der Waals surface area contributed by atoms with E-state index in [4.69, 9.17) is 0 Å². The molecule has 154 valence electrons. The van der Waals surface area contributed by atoms with Crippen molar-refractivity contribution in [3.05, 3.63) is 46.5 Å². The van der Waals surface area contributed by atoms with Gasteiger partial charge in [0.05, 0.1) is 17.8 Å². The summed E-state index contributed by atoms with van der Waals surface area (Å²) in [5.41, 5.74) is 2.02. The van der Waals surface area contributed by atoms with E-state index in [1.54, 1.807) is 17.5 Å². The second-order valence-electron chi connectivity index (χ2n) is 6.03. The fraction of sp³-hybridized carbons (Fsp3) is 0.167. The third-order valence-electron chi connectivity index (χ3n) is 3.91. The summed E-state index contributed by atoms with van der Waals surface area (Å²) in [5.74, 6) is 0.380. The smallest absolute Gasteiger partial charge is 0.387 e. The standard InChI is InChI=1S/C18H14F2N6O2S2/c1-9-14(10-2-4-12(5-3-10)28-17(19)20)25-18(30-9)24-13(27)6-11-7-29-16(23-11)15-21-8-22-26-15/h2-5,7-8,17H,6H2,1H3,(H,21,22,26)(H,24,25,27). The van der Waals surface area contributed by atoms with Crippen LogP contribution in [0.25, 0.3) is 22.1 Å². The number of H-pyrrole nitrogens is 1. The average molecular weight is 448 g/mol. The highest BCUT2D eigenvalue weighted by Crippen LogP contribution is 2.31. The number of carbonyl (C=O) groups excluding carboxylic acids is 1. The largest absolute Gasteiger partial charge is 0.435 e. The highest BCUT2D eigenvalue weighted by atomic mass is 32.1. The molecule has 0 aliphatic heterocycles. The molecule has 0 saturated carbocycles. The molecule has 1 amide bonds. The monoisotopic (exact) mass is 448 g/mol. The maximum atomic E-state index is 12.4. The molecule has 0 aliphatic carbocycles. The Morgan fingerprint density at radius 3 is 2.77 bits per heavy atom. The highest BCUT2D eigenvalue weighted by Gasteiger charge is 2.15. The van der Waals surface area contributed by atoms with Crippen LogP contribution in [0.2, 0.25) is 0 Å². The molecule has 1 aromatic carbocycles. The number of hydrogen-bond donors (Lipinski definition) is 2. The summed E-state index contributed by atoms with van der Waals surface area (Å²) in [6.07, 6.45) is 1.49. The first kappa shape index (κ1) is 20.0. The Kier molecular flexibility index (Phi) is 5.77. The second kappa shape index (κ2) is 8.63. The molecule has 4 aromatic rings. The van der Waals surface area contributed by atoms with Gasteiger partial charge in [-0.2, -0.15) is 13.9 Å². The van der Waals surface area contributed by atoms with Crippen LogP contribution in [0.4, 0.5) is 13.9 Å². The van der Waals surface area contributed by atoms with Gasteiger partial charge in [-0.25, -0.2) is 15.0 Å². The number of nitrogens with one attached hydrogen (secondary N) is 2. The van der Waals surface area contributed by atoms with E-state index in [-0.39, 0.29) is 18.1 Å². The predicted octanol–water partition coefficient (Wildman–Crippen LogP) is 4.14. The van der Waals surface area contributed by atoms with Crippen LogP contribution >= 0.6 is 22.7 Å². The minimum absolute atomic E-state index is 0.0723. The number of halogens is 2. The summed E-state index contributed by atoms with van der Waals surface area (Å²) in [6, 6.07) is 6.19. The molecule has 8 nitrogen and oxygen atoms in total. The molecule has 0 spiro atoms. The number of anilines is 1. The Hall–Kier alpha value is -3.25. The van der Waals surface area contributed by atoms with Gasteiger partial charge in [-0.1, -0.05) is 0 Å². The third kappa shape index (κ3) is 4.66. The summed E-state index contributed by atoms with van der Waals surface area (Å²) in [6.45, 7) is -1.00. The lowest BCUT2D eigenvalue weighted by Gasteiger charge is -2.05. The Bertz CT molecular complexity index is 1140. The van der Waals surface area contributed by atoms with Gasteiger partial charge < -0.3 is 10.1 Å². The van der Waals surface area contributed by atoms with E-state index in [0.29, 0.717) is 27.4 Å². The van der Waals surface area contributed by atoms with E-state index >= 15 is 0 Å². The fourth-order valence-electron chi connectivity index (χ4n) is 2.65. The maximum Gasteiger partial charge on any atom is 0.387 e. The number of benzene rings is 1. The van der Waals surface area contributed by atoms with Gasteiger partial charge in [0.25, 0.3) is 0 Å². The number of rotatable bonds is 7. The summed E-state index contributed by atoms with van der Waals surface area (Å²) in [7, 11) is 0. The molecule has 0 fully saturated rings. The van der Waals surface area contributed by atoms with E-state index in [9.17, 15) is 13.6 Å². The minimum atomic E-state index is -2.87. The van der Waals surface area contributed by atoms with Gasteiger partial charge in [-0.05, 0) is 31.2 Å². The number of ether oxygens (including phenoxy) is 1. The maximum absolute atomic E-state index is 12.4. The Morgan fingerprint density at radius 2 is 2.07 bits per heavy atom. The van der Waals surface area contributed by atoms with Crippen molar-refractivity contribution in [2.24, 2.45) is 0 Å². The predicted molar refractivity (Wildman–Crippen MR) is 109 cm³/mol. The first-order chi connectivity index (χ1) is 14.5. The first-order valence-electron chi connectivity index (χ1n) is 8.60. The molecule has 0 radical (unpaired) electrons. The SMILES string of the molecule is Cc1sc(NC(=O)Cc2csc(-c3ncn[nH]3)n2)nc1-c1ccc(OC(F)F)cc1. The molecule has 3 heterocycles. The van der Waals surface area contributed by atoms with Gasteiger partial charge in [-0.3, -0.25) is 9.89 Å². The zero-order valence-electron chi connectivity index (χ0n) is 15.4. The van der Waals surface area contributed by atoms with Crippen molar-refractivity contribution in [1.29, 1.82) is 0 Å². The van der Waals surface area contributed by atoms with E-state index in [2.05, 4.69) is 35.2 Å². The molecule has 0 bridgehead atoms. The fourth-order valence-corrected chi connectivity index (χ4v) is 4.26. The van der Waals surface area contributed by atoms with E-state index in [1.165, 1.54) is 41.1 Å². The molecule has 3 aromatic heterocycles. The van der Waals surface area contributed by atoms with Crippen LogP contribution in [0.1, 0.15) is 10.6 Å². The topological polar surface area (TPSA) is 106 Å². The third-order valence-corrected chi connectivity index (χ3v) is 5.69. The van der Waals surface area contributed by atoms with E-state index < -0.39 is 6.61 Å². The number of carbonyl (C=O) groups is 1. The number of hydrogen-bond acceptors (Lipinski definition) is 8. The second-order valence-corrected chi connectivity index (χ2v) is 8.09. The summed E-state index contributed by atoms with van der Waals surface area (Å²) < 4.78 is 28.9. The van der Waals surface area contributed by atoms with Crippen LogP contribution in [-0.2, 0) is 11.2 Å². The van der Waals surface area contributed by atoms with Crippen molar-refractivity contribution in [3.63, 3.8) is 0 Å². The molecule has 4 rings (SSSR count). The molecular formula is C18H14F2N6O2S2. The van der Waals surface area contributed by atoms with Gasteiger partial charge in [0.15, 0.2) is 16.0 Å². The van der Waals surface area contributed by atoms with Crippen LogP contribution in [-0.4, -0.2) is 37.7 Å². The van der Waals surface area contributed by atoms with Crippen LogP contribution in [0.5, 0.6) is 5.75 Å². The van der Waals surface area contributed by atoms with Gasteiger partial charge in [0, 0.05) is 15.8 Å². The zero-order valence-corrected chi connectivity index (χ0v) is 17.1. The Morgan fingerprint density at radius 1 is 1.27 bits per heavy atom.